The molecule has 4 aromatic rings. The number of carbonyl (C=O) groups is 4. The van der Waals surface area contributed by atoms with Gasteiger partial charge in [-0.25, -0.2) is 4.79 Å². The van der Waals surface area contributed by atoms with E-state index in [0.29, 0.717) is 34.7 Å². The molecule has 1 aliphatic rings. The number of anilines is 1. The lowest BCUT2D eigenvalue weighted by Gasteiger charge is -2.13. The monoisotopic (exact) mass is 542 g/mol. The number of furan rings is 1. The molecule has 0 saturated carbocycles. The van der Waals surface area contributed by atoms with Crippen LogP contribution in [-0.2, 0) is 28.9 Å². The fraction of sp³-hybridized carbons (Fsp3) is 0.200. The number of rotatable bonds is 9. The molecule has 2 heterocycles. The number of hydrogen-bond acceptors (Lipinski definition) is 7. The molecule has 2 N–H and O–H groups in total. The summed E-state index contributed by atoms with van der Waals surface area (Å²) in [5.74, 6) is -0.701. The van der Waals surface area contributed by atoms with Gasteiger partial charge in [-0.2, -0.15) is 0 Å². The van der Waals surface area contributed by atoms with Crippen LogP contribution in [-0.4, -0.2) is 30.7 Å². The van der Waals surface area contributed by atoms with Gasteiger partial charge in [0.1, 0.15) is 10.8 Å². The van der Waals surface area contributed by atoms with Gasteiger partial charge in [-0.05, 0) is 61.1 Å². The van der Waals surface area contributed by atoms with Gasteiger partial charge in [0.05, 0.1) is 11.1 Å². The normalized spacial score (nSPS) is 12.3. The van der Waals surface area contributed by atoms with Gasteiger partial charge in [-0.15, -0.1) is 11.3 Å². The first-order valence-corrected chi connectivity index (χ1v) is 13.4. The van der Waals surface area contributed by atoms with Crippen molar-refractivity contribution in [1.29, 1.82) is 0 Å². The Bertz CT molecular complexity index is 1500. The fourth-order valence-electron chi connectivity index (χ4n) is 4.48. The molecule has 39 heavy (non-hydrogen) atoms. The number of amides is 2. The Morgan fingerprint density at radius 1 is 0.949 bits per heavy atom. The number of fused-ring (bicyclic) bond motifs is 1. The standard InChI is InChI=1S/C30H26N2O6S/c33-17-22-14-15-24(38-22)20-10-12-21(13-11-20)30(36)37-18-26(34)32-29-27(23-8-4-5-9-25(23)39-29)28(35)31-16-19-6-2-1-3-7-19/h1-3,6-7,10-15,17H,4-5,8-9,16,18H2,(H,31,35)(H,32,34). The van der Waals surface area contributed by atoms with Gasteiger partial charge in [-0.1, -0.05) is 42.5 Å². The van der Waals surface area contributed by atoms with Crippen LogP contribution in [0.15, 0.2) is 71.1 Å². The summed E-state index contributed by atoms with van der Waals surface area (Å²) in [4.78, 5) is 50.4. The lowest BCUT2D eigenvalue weighted by atomic mass is 9.95. The molecule has 8 nitrogen and oxygen atoms in total. The van der Waals surface area contributed by atoms with Crippen molar-refractivity contribution >= 4 is 40.4 Å². The zero-order valence-corrected chi connectivity index (χ0v) is 21.8. The number of hydrogen-bond donors (Lipinski definition) is 2. The molecule has 0 saturated heterocycles. The summed E-state index contributed by atoms with van der Waals surface area (Å²) < 4.78 is 10.6. The van der Waals surface area contributed by atoms with E-state index in [1.54, 1.807) is 36.4 Å². The van der Waals surface area contributed by atoms with Gasteiger partial charge in [0.2, 0.25) is 0 Å². The molecule has 0 aliphatic heterocycles. The summed E-state index contributed by atoms with van der Waals surface area (Å²) in [6.45, 7) is -0.110. The van der Waals surface area contributed by atoms with Gasteiger partial charge < -0.3 is 19.8 Å². The van der Waals surface area contributed by atoms with E-state index in [1.165, 1.54) is 11.3 Å². The summed E-state index contributed by atoms with van der Waals surface area (Å²) in [5.41, 5.74) is 3.42. The molecule has 2 amide bonds. The minimum absolute atomic E-state index is 0.211. The van der Waals surface area contributed by atoms with Gasteiger partial charge in [0.25, 0.3) is 11.8 Å². The van der Waals surface area contributed by atoms with Crippen LogP contribution < -0.4 is 10.6 Å². The highest BCUT2D eigenvalue weighted by Crippen LogP contribution is 2.38. The average Bonchev–Trinajstić information content (AvgIpc) is 3.60. The van der Waals surface area contributed by atoms with Crippen molar-refractivity contribution in [2.45, 2.75) is 32.2 Å². The number of carbonyl (C=O) groups excluding carboxylic acids is 4. The third kappa shape index (κ3) is 6.15. The fourth-order valence-corrected chi connectivity index (χ4v) is 5.78. The van der Waals surface area contributed by atoms with Crippen LogP contribution in [0.1, 0.15) is 60.1 Å². The SMILES string of the molecule is O=Cc1ccc(-c2ccc(C(=O)OCC(=O)Nc3sc4c(c3C(=O)NCc3ccccc3)CCCC4)cc2)o1. The molecule has 198 valence electrons. The molecule has 0 unspecified atom stereocenters. The second-order valence-electron chi connectivity index (χ2n) is 9.10. The number of aldehydes is 1. The van der Waals surface area contributed by atoms with E-state index in [0.717, 1.165) is 41.7 Å². The van der Waals surface area contributed by atoms with Gasteiger partial charge in [0, 0.05) is 17.0 Å². The second kappa shape index (κ2) is 11.9. The predicted molar refractivity (Wildman–Crippen MR) is 147 cm³/mol. The first-order valence-electron chi connectivity index (χ1n) is 12.6. The topological polar surface area (TPSA) is 115 Å². The summed E-state index contributed by atoms with van der Waals surface area (Å²) in [7, 11) is 0. The summed E-state index contributed by atoms with van der Waals surface area (Å²) >= 11 is 1.41. The quantitative estimate of drug-likeness (QED) is 0.215. The summed E-state index contributed by atoms with van der Waals surface area (Å²) in [5, 5.41) is 6.24. The molecule has 9 heteroatoms. The largest absolute Gasteiger partial charge is 0.453 e. The van der Waals surface area contributed by atoms with Crippen LogP contribution in [0.2, 0.25) is 0 Å². The zero-order valence-electron chi connectivity index (χ0n) is 21.0. The van der Waals surface area contributed by atoms with Crippen molar-refractivity contribution in [2.24, 2.45) is 0 Å². The van der Waals surface area contributed by atoms with Crippen LogP contribution in [0.3, 0.4) is 0 Å². The summed E-state index contributed by atoms with van der Waals surface area (Å²) in [6, 6.07) is 19.3. The maximum absolute atomic E-state index is 13.2. The summed E-state index contributed by atoms with van der Waals surface area (Å²) in [6.07, 6.45) is 4.31. The number of nitrogens with one attached hydrogen (secondary N) is 2. The maximum atomic E-state index is 13.2. The van der Waals surface area contributed by atoms with E-state index in [2.05, 4.69) is 10.6 Å². The molecule has 0 atom stereocenters. The van der Waals surface area contributed by atoms with Crippen LogP contribution in [0.4, 0.5) is 5.00 Å². The number of benzene rings is 2. The minimum Gasteiger partial charge on any atom is -0.453 e. The Hall–Kier alpha value is -4.50. The molecule has 2 aromatic heterocycles. The van der Waals surface area contributed by atoms with Crippen LogP contribution >= 0.6 is 11.3 Å². The maximum Gasteiger partial charge on any atom is 0.338 e. The molecule has 0 fully saturated rings. The van der Waals surface area contributed by atoms with Crippen LogP contribution in [0.25, 0.3) is 11.3 Å². The molecule has 0 spiro atoms. The first-order chi connectivity index (χ1) is 19.0. The molecule has 0 radical (unpaired) electrons. The van der Waals surface area contributed by atoms with E-state index < -0.39 is 18.5 Å². The predicted octanol–water partition coefficient (Wildman–Crippen LogP) is 5.42. The van der Waals surface area contributed by atoms with Crippen molar-refractivity contribution in [1.82, 2.24) is 5.32 Å². The number of aryl methyl sites for hydroxylation is 1. The van der Waals surface area contributed by atoms with E-state index >= 15 is 0 Å². The van der Waals surface area contributed by atoms with Crippen LogP contribution in [0, 0.1) is 0 Å². The smallest absolute Gasteiger partial charge is 0.338 e. The number of ether oxygens (including phenoxy) is 1. The van der Waals surface area contributed by atoms with Gasteiger partial charge >= 0.3 is 5.97 Å². The lowest BCUT2D eigenvalue weighted by Crippen LogP contribution is -2.26. The second-order valence-corrected chi connectivity index (χ2v) is 10.2. The van der Waals surface area contributed by atoms with Gasteiger partial charge in [0.15, 0.2) is 18.7 Å². The molecule has 5 rings (SSSR count). The van der Waals surface area contributed by atoms with Gasteiger partial charge in [-0.3, -0.25) is 14.4 Å². The average molecular weight is 543 g/mol. The Morgan fingerprint density at radius 3 is 2.46 bits per heavy atom. The lowest BCUT2D eigenvalue weighted by molar-refractivity contribution is -0.119. The van der Waals surface area contributed by atoms with Crippen molar-refractivity contribution < 1.29 is 28.3 Å². The van der Waals surface area contributed by atoms with E-state index in [9.17, 15) is 19.2 Å². The van der Waals surface area contributed by atoms with Crippen molar-refractivity contribution in [3.63, 3.8) is 0 Å². The molecule has 2 aromatic carbocycles. The highest BCUT2D eigenvalue weighted by molar-refractivity contribution is 7.17. The molecule has 1 aliphatic carbocycles. The highest BCUT2D eigenvalue weighted by atomic mass is 32.1. The Balaban J connectivity index is 1.21. The third-order valence-corrected chi connectivity index (χ3v) is 7.64. The van der Waals surface area contributed by atoms with Crippen molar-refractivity contribution in [3.05, 3.63) is 99.6 Å². The number of esters is 1. The molecular weight excluding hydrogens is 516 g/mol. The Labute approximate surface area is 229 Å². The van der Waals surface area contributed by atoms with Crippen LogP contribution in [0.5, 0.6) is 0 Å². The van der Waals surface area contributed by atoms with Crippen molar-refractivity contribution in [2.75, 3.05) is 11.9 Å². The van der Waals surface area contributed by atoms with E-state index in [1.807, 2.05) is 30.3 Å². The van der Waals surface area contributed by atoms with Crippen molar-refractivity contribution in [3.8, 4) is 11.3 Å². The first kappa shape index (κ1) is 26.1. The highest BCUT2D eigenvalue weighted by Gasteiger charge is 2.26. The zero-order chi connectivity index (χ0) is 27.2. The Kier molecular flexibility index (Phi) is 7.98. The van der Waals surface area contributed by atoms with E-state index in [4.69, 9.17) is 9.15 Å². The van der Waals surface area contributed by atoms with E-state index in [-0.39, 0.29) is 17.2 Å². The molecular formula is C30H26N2O6S. The Morgan fingerprint density at radius 2 is 1.72 bits per heavy atom. The molecule has 0 bridgehead atoms. The number of thiophene rings is 1. The third-order valence-electron chi connectivity index (χ3n) is 6.43. The minimum atomic E-state index is -0.656.